The molecule has 0 saturated heterocycles. The van der Waals surface area contributed by atoms with Gasteiger partial charge in [-0.3, -0.25) is 0 Å². The van der Waals surface area contributed by atoms with E-state index in [9.17, 15) is 0 Å². The summed E-state index contributed by atoms with van der Waals surface area (Å²) in [5.74, 6) is 2.79. The molecule has 0 amide bonds. The van der Waals surface area contributed by atoms with Crippen LogP contribution in [0, 0.1) is 0 Å². The Bertz CT molecular complexity index is 1230. The van der Waals surface area contributed by atoms with Gasteiger partial charge in [0.2, 0.25) is 0 Å². The van der Waals surface area contributed by atoms with E-state index >= 15 is 0 Å². The van der Waals surface area contributed by atoms with Crippen LogP contribution in [0.25, 0.3) is 11.3 Å². The Morgan fingerprint density at radius 2 is 1.29 bits per heavy atom. The van der Waals surface area contributed by atoms with Crippen molar-refractivity contribution >= 4 is 11.3 Å². The predicted octanol–water partition coefficient (Wildman–Crippen LogP) is 4.41. The van der Waals surface area contributed by atoms with Crippen LogP contribution in [-0.2, 0) is 4.74 Å². The fourth-order valence-electron chi connectivity index (χ4n) is 4.43. The molecular weight excluding hydrogens is 344 g/mol. The third-order valence-corrected chi connectivity index (χ3v) is 5.68. The fraction of sp³-hybridized carbons (Fsp3) is 0.0769. The Morgan fingerprint density at radius 3 is 2.04 bits per heavy atom. The van der Waals surface area contributed by atoms with Crippen LogP contribution >= 0.6 is 0 Å². The van der Waals surface area contributed by atoms with E-state index in [2.05, 4.69) is 72.8 Å². The van der Waals surface area contributed by atoms with E-state index in [0.29, 0.717) is 0 Å². The second-order valence-corrected chi connectivity index (χ2v) is 7.26. The normalized spacial score (nSPS) is 19.1. The molecule has 0 radical (unpaired) electrons. The molecule has 28 heavy (non-hydrogen) atoms. The molecule has 3 aliphatic rings. The quantitative estimate of drug-likeness (QED) is 0.638. The maximum atomic E-state index is 6.66. The Morgan fingerprint density at radius 1 is 0.643 bits per heavy atom. The van der Waals surface area contributed by atoms with Crippen LogP contribution in [0.15, 0.2) is 97.1 Å². The number of hydrogen-bond acceptors (Lipinski definition) is 2. The lowest BCUT2D eigenvalue weighted by Gasteiger charge is -2.33. The first-order valence-electron chi connectivity index (χ1n) is 9.61. The molecule has 0 aromatic heterocycles. The van der Waals surface area contributed by atoms with Crippen LogP contribution in [-0.4, -0.2) is 6.10 Å². The monoisotopic (exact) mass is 362 g/mol. The van der Waals surface area contributed by atoms with Gasteiger partial charge in [0, 0.05) is 21.9 Å². The van der Waals surface area contributed by atoms with Gasteiger partial charge in [-0.2, -0.15) is 0 Å². The lowest BCUT2D eigenvalue weighted by Crippen LogP contribution is -2.40. The van der Waals surface area contributed by atoms with Gasteiger partial charge in [-0.15, -0.1) is 0 Å². The van der Waals surface area contributed by atoms with Crippen LogP contribution in [0.1, 0.15) is 17.0 Å². The van der Waals surface area contributed by atoms with Gasteiger partial charge < -0.3 is 9.47 Å². The summed E-state index contributed by atoms with van der Waals surface area (Å²) in [6.45, 7) is 0. The summed E-state index contributed by atoms with van der Waals surface area (Å²) < 4.78 is 12.8. The standard InChI is InChI=1S/C26H18O2/c1-2-11-19-17(9-1)18-10-3-6-14-22(18)28-26(19)25-20-12-4-7-15-23(20)27-24-16-8-5-13-21(24)25/h1-16,22,25H. The van der Waals surface area contributed by atoms with Crippen LogP contribution in [0.3, 0.4) is 0 Å². The zero-order valence-corrected chi connectivity index (χ0v) is 15.2. The van der Waals surface area contributed by atoms with Gasteiger partial charge in [0.05, 0.1) is 5.92 Å². The molecule has 2 heterocycles. The van der Waals surface area contributed by atoms with E-state index < -0.39 is 0 Å². The summed E-state index contributed by atoms with van der Waals surface area (Å²) in [7, 11) is 0. The van der Waals surface area contributed by atoms with Crippen LogP contribution in [0.4, 0.5) is 0 Å². The highest BCUT2D eigenvalue weighted by molar-refractivity contribution is 5.73. The van der Waals surface area contributed by atoms with E-state index in [1.807, 2.05) is 24.3 Å². The zero-order chi connectivity index (χ0) is 18.5. The molecule has 0 fully saturated rings. The van der Waals surface area contributed by atoms with Crippen LogP contribution in [0.2, 0.25) is 0 Å². The largest absolute Gasteiger partial charge is 0.484 e. The predicted molar refractivity (Wildman–Crippen MR) is 110 cm³/mol. The molecule has 0 spiro atoms. The molecule has 2 heteroatoms. The molecule has 1 aliphatic carbocycles. The molecule has 3 aromatic rings. The van der Waals surface area contributed by atoms with Gasteiger partial charge in [-0.25, -0.2) is 0 Å². The minimum Gasteiger partial charge on any atom is -0.484 e. The first kappa shape index (κ1) is 15.5. The van der Waals surface area contributed by atoms with Crippen molar-refractivity contribution in [2.45, 2.75) is 12.0 Å². The van der Waals surface area contributed by atoms with E-state index in [1.165, 1.54) is 10.8 Å². The van der Waals surface area contributed by atoms with Gasteiger partial charge >= 0.3 is 0 Å². The van der Waals surface area contributed by atoms with E-state index in [4.69, 9.17) is 9.47 Å². The number of para-hydroxylation sites is 2. The molecule has 2 nitrogen and oxygen atoms in total. The minimum atomic E-state index is -0.0583. The lowest BCUT2D eigenvalue weighted by molar-refractivity contribution is 0.238. The number of benzene rings is 3. The second-order valence-electron chi connectivity index (χ2n) is 7.26. The van der Waals surface area contributed by atoms with Gasteiger partial charge in [-0.1, -0.05) is 78.9 Å². The second kappa shape index (κ2) is 6.00. The summed E-state index contributed by atoms with van der Waals surface area (Å²) in [6.07, 6.45) is 8.37. The third kappa shape index (κ3) is 2.21. The number of allylic oxidation sites excluding steroid dienone is 2. The molecular formula is C26H18O2. The average molecular weight is 362 g/mol. The molecule has 1 atom stereocenters. The Hall–Kier alpha value is -3.52. The maximum Gasteiger partial charge on any atom is 0.142 e. The first-order chi connectivity index (χ1) is 13.9. The van der Waals surface area contributed by atoms with Crippen molar-refractivity contribution in [3.63, 3.8) is 0 Å². The number of fused-ring (bicyclic) bond motifs is 4. The SMILES string of the molecule is C1=CC2=c3ccccc3=C(C3c4ccccc4Oc4ccccc43)OC2C=C1. The molecule has 134 valence electrons. The van der Waals surface area contributed by atoms with Crippen molar-refractivity contribution in [3.8, 4) is 11.5 Å². The number of hydrogen-bond donors (Lipinski definition) is 0. The van der Waals surface area contributed by atoms with Gasteiger partial charge in [0.1, 0.15) is 23.4 Å². The van der Waals surface area contributed by atoms with Crippen molar-refractivity contribution in [2.75, 3.05) is 0 Å². The van der Waals surface area contributed by atoms with Gasteiger partial charge in [0.25, 0.3) is 0 Å². The van der Waals surface area contributed by atoms with E-state index in [0.717, 1.165) is 33.6 Å². The summed E-state index contributed by atoms with van der Waals surface area (Å²) in [6, 6.07) is 25.1. The highest BCUT2D eigenvalue weighted by Crippen LogP contribution is 2.48. The summed E-state index contributed by atoms with van der Waals surface area (Å²) in [5.41, 5.74) is 3.50. The molecule has 3 aromatic carbocycles. The first-order valence-corrected chi connectivity index (χ1v) is 9.61. The van der Waals surface area contributed by atoms with Crippen LogP contribution < -0.4 is 15.2 Å². The molecule has 6 rings (SSSR count). The molecule has 0 N–H and O–H groups in total. The topological polar surface area (TPSA) is 18.5 Å². The minimum absolute atomic E-state index is 0.00292. The van der Waals surface area contributed by atoms with Crippen molar-refractivity contribution in [3.05, 3.63) is 119 Å². The van der Waals surface area contributed by atoms with Crippen molar-refractivity contribution < 1.29 is 9.47 Å². The molecule has 0 saturated carbocycles. The zero-order valence-electron chi connectivity index (χ0n) is 15.2. The fourth-order valence-corrected chi connectivity index (χ4v) is 4.43. The molecule has 2 aliphatic heterocycles. The summed E-state index contributed by atoms with van der Waals surface area (Å²) >= 11 is 0. The highest BCUT2D eigenvalue weighted by Gasteiger charge is 2.34. The lowest BCUT2D eigenvalue weighted by atomic mass is 9.84. The maximum absolute atomic E-state index is 6.66. The molecule has 0 bridgehead atoms. The van der Waals surface area contributed by atoms with Crippen LogP contribution in [0.5, 0.6) is 11.5 Å². The van der Waals surface area contributed by atoms with Crippen molar-refractivity contribution in [2.24, 2.45) is 0 Å². The van der Waals surface area contributed by atoms with Crippen molar-refractivity contribution in [1.29, 1.82) is 0 Å². The summed E-state index contributed by atoms with van der Waals surface area (Å²) in [4.78, 5) is 0. The highest BCUT2D eigenvalue weighted by atomic mass is 16.5. The Balaban J connectivity index is 1.71. The average Bonchev–Trinajstić information content (AvgIpc) is 2.77. The molecule has 1 unspecified atom stereocenters. The van der Waals surface area contributed by atoms with E-state index in [-0.39, 0.29) is 12.0 Å². The summed E-state index contributed by atoms with van der Waals surface area (Å²) in [5, 5.41) is 2.40. The van der Waals surface area contributed by atoms with Gasteiger partial charge in [0.15, 0.2) is 0 Å². The third-order valence-electron chi connectivity index (χ3n) is 5.68. The number of ether oxygens (including phenoxy) is 2. The smallest absolute Gasteiger partial charge is 0.142 e. The van der Waals surface area contributed by atoms with Crippen molar-refractivity contribution in [1.82, 2.24) is 0 Å². The van der Waals surface area contributed by atoms with E-state index in [1.54, 1.807) is 0 Å². The Labute approximate surface area is 163 Å². The number of rotatable bonds is 1. The Kier molecular flexibility index (Phi) is 3.33. The van der Waals surface area contributed by atoms with Gasteiger partial charge in [-0.05, 0) is 23.4 Å².